The van der Waals surface area contributed by atoms with Gasteiger partial charge in [-0.15, -0.1) is 21.5 Å². The van der Waals surface area contributed by atoms with Gasteiger partial charge in [0.25, 0.3) is 0 Å². The van der Waals surface area contributed by atoms with Gasteiger partial charge in [0.05, 0.1) is 22.6 Å². The van der Waals surface area contributed by atoms with E-state index in [0.29, 0.717) is 12.5 Å². The third-order valence-corrected chi connectivity index (χ3v) is 5.38. The second-order valence-corrected chi connectivity index (χ2v) is 7.03. The van der Waals surface area contributed by atoms with Crippen LogP contribution in [0.5, 0.6) is 5.88 Å². The van der Waals surface area contributed by atoms with Crippen LogP contribution in [0.15, 0.2) is 60.9 Å². The molecule has 0 aliphatic heterocycles. The van der Waals surface area contributed by atoms with Crippen LogP contribution in [0, 0.1) is 0 Å². The van der Waals surface area contributed by atoms with E-state index in [9.17, 15) is 0 Å². The van der Waals surface area contributed by atoms with Crippen molar-refractivity contribution in [3.05, 3.63) is 60.9 Å². The van der Waals surface area contributed by atoms with Gasteiger partial charge < -0.3 is 4.74 Å². The van der Waals surface area contributed by atoms with Crippen molar-refractivity contribution in [1.29, 1.82) is 0 Å². The first kappa shape index (κ1) is 15.9. The van der Waals surface area contributed by atoms with E-state index < -0.39 is 0 Å². The molecule has 4 heterocycles. The molecule has 0 aliphatic rings. The first-order chi connectivity index (χ1) is 13.3. The molecule has 1 aromatic carbocycles. The Kier molecular flexibility index (Phi) is 3.79. The molecule has 0 unspecified atom stereocenters. The van der Waals surface area contributed by atoms with Crippen molar-refractivity contribution in [3.8, 4) is 27.0 Å². The second-order valence-electron chi connectivity index (χ2n) is 5.95. The van der Waals surface area contributed by atoms with Crippen molar-refractivity contribution in [2.75, 3.05) is 6.61 Å². The average molecular weight is 373 g/mol. The molecule has 5 aromatic rings. The fraction of sp³-hybridized carbons (Fsp3) is 0.100. The lowest BCUT2D eigenvalue weighted by Crippen LogP contribution is -1.98. The molecule has 6 nitrogen and oxygen atoms in total. The van der Waals surface area contributed by atoms with E-state index in [1.54, 1.807) is 22.0 Å². The molecule has 4 aromatic heterocycles. The van der Waals surface area contributed by atoms with E-state index >= 15 is 0 Å². The Hall–Kier alpha value is -3.32. The largest absolute Gasteiger partial charge is 0.476 e. The molecule has 0 N–H and O–H groups in total. The Bertz CT molecular complexity index is 1230. The highest BCUT2D eigenvalue weighted by Gasteiger charge is 2.15. The predicted octanol–water partition coefficient (Wildman–Crippen LogP) is 4.47. The molecule has 27 heavy (non-hydrogen) atoms. The van der Waals surface area contributed by atoms with Crippen LogP contribution in [0.2, 0.25) is 0 Å². The van der Waals surface area contributed by atoms with Gasteiger partial charge in [-0.2, -0.15) is 5.10 Å². The van der Waals surface area contributed by atoms with Crippen LogP contribution in [0.1, 0.15) is 6.92 Å². The van der Waals surface area contributed by atoms with E-state index in [1.807, 2.05) is 43.5 Å². The number of aromatic nitrogens is 5. The normalized spacial score (nSPS) is 11.3. The van der Waals surface area contributed by atoms with E-state index in [0.717, 1.165) is 37.6 Å². The summed E-state index contributed by atoms with van der Waals surface area (Å²) < 4.78 is 7.41. The average Bonchev–Trinajstić information content (AvgIpc) is 3.35. The molecule has 7 heteroatoms. The predicted molar refractivity (Wildman–Crippen MR) is 106 cm³/mol. The lowest BCUT2D eigenvalue weighted by atomic mass is 10.1. The van der Waals surface area contributed by atoms with Crippen molar-refractivity contribution < 1.29 is 4.74 Å². The molecule has 0 fully saturated rings. The standard InChI is InChI=1S/C20H15N5OS/c1-2-26-20-14-7-4-3-6-13(14)19(23-24-20)17-10-9-16(27-17)15-12-25-18(22-15)8-5-11-21-25/h3-12H,2H2,1H3. The Morgan fingerprint density at radius 3 is 2.67 bits per heavy atom. The van der Waals surface area contributed by atoms with Crippen molar-refractivity contribution in [2.45, 2.75) is 6.92 Å². The number of hydrogen-bond acceptors (Lipinski definition) is 6. The zero-order valence-electron chi connectivity index (χ0n) is 14.5. The Morgan fingerprint density at radius 2 is 1.81 bits per heavy atom. The SMILES string of the molecule is CCOc1nnc(-c2ccc(-c3cn4ncccc4n3)s2)c2ccccc12. The Morgan fingerprint density at radius 1 is 0.963 bits per heavy atom. The third-order valence-electron chi connectivity index (χ3n) is 4.26. The summed E-state index contributed by atoms with van der Waals surface area (Å²) in [6.07, 6.45) is 3.69. The van der Waals surface area contributed by atoms with Crippen LogP contribution < -0.4 is 4.74 Å². The number of hydrogen-bond donors (Lipinski definition) is 0. The van der Waals surface area contributed by atoms with Crippen molar-refractivity contribution in [3.63, 3.8) is 0 Å². The van der Waals surface area contributed by atoms with Gasteiger partial charge in [-0.25, -0.2) is 9.50 Å². The summed E-state index contributed by atoms with van der Waals surface area (Å²) in [7, 11) is 0. The van der Waals surface area contributed by atoms with Crippen LogP contribution in [0.4, 0.5) is 0 Å². The van der Waals surface area contributed by atoms with Crippen LogP contribution >= 0.6 is 11.3 Å². The maximum atomic E-state index is 5.63. The summed E-state index contributed by atoms with van der Waals surface area (Å²) in [6.45, 7) is 2.50. The molecule has 0 radical (unpaired) electrons. The fourth-order valence-electron chi connectivity index (χ4n) is 3.06. The summed E-state index contributed by atoms with van der Waals surface area (Å²) in [5, 5.41) is 15.0. The van der Waals surface area contributed by atoms with E-state index in [1.165, 1.54) is 0 Å². The minimum atomic E-state index is 0.559. The summed E-state index contributed by atoms with van der Waals surface area (Å²) >= 11 is 1.64. The quantitative estimate of drug-likeness (QED) is 0.465. The summed E-state index contributed by atoms with van der Waals surface area (Å²) in [6, 6.07) is 16.0. The maximum Gasteiger partial charge on any atom is 0.241 e. The number of fused-ring (bicyclic) bond motifs is 2. The molecule has 0 bridgehead atoms. The maximum absolute atomic E-state index is 5.63. The van der Waals surface area contributed by atoms with Crippen LogP contribution in [0.25, 0.3) is 37.6 Å². The summed E-state index contributed by atoms with van der Waals surface area (Å²) in [5.41, 5.74) is 2.58. The highest BCUT2D eigenvalue weighted by Crippen LogP contribution is 2.37. The van der Waals surface area contributed by atoms with Crippen LogP contribution in [-0.2, 0) is 0 Å². The molecule has 0 amide bonds. The Labute approximate surface area is 159 Å². The topological polar surface area (TPSA) is 65.2 Å². The van der Waals surface area contributed by atoms with Crippen LogP contribution in [0.3, 0.4) is 0 Å². The molecular formula is C20H15N5OS. The lowest BCUT2D eigenvalue weighted by Gasteiger charge is -2.08. The van der Waals surface area contributed by atoms with E-state index in [2.05, 4.69) is 38.5 Å². The zero-order chi connectivity index (χ0) is 18.2. The number of nitrogens with zero attached hydrogens (tertiary/aromatic N) is 5. The van der Waals surface area contributed by atoms with Crippen molar-refractivity contribution in [2.24, 2.45) is 0 Å². The van der Waals surface area contributed by atoms with Gasteiger partial charge in [-0.05, 0) is 37.3 Å². The summed E-state index contributed by atoms with van der Waals surface area (Å²) in [4.78, 5) is 6.75. The molecule has 5 rings (SSSR count). The molecule has 0 spiro atoms. The molecular weight excluding hydrogens is 358 g/mol. The monoisotopic (exact) mass is 373 g/mol. The fourth-order valence-corrected chi connectivity index (χ4v) is 4.02. The molecule has 0 saturated heterocycles. The second kappa shape index (κ2) is 6.44. The minimum absolute atomic E-state index is 0.559. The zero-order valence-corrected chi connectivity index (χ0v) is 15.3. The van der Waals surface area contributed by atoms with Crippen molar-refractivity contribution in [1.82, 2.24) is 24.8 Å². The molecule has 132 valence electrons. The summed E-state index contributed by atoms with van der Waals surface area (Å²) in [5.74, 6) is 0.569. The lowest BCUT2D eigenvalue weighted by molar-refractivity contribution is 0.327. The van der Waals surface area contributed by atoms with E-state index in [-0.39, 0.29) is 0 Å². The Balaban J connectivity index is 1.61. The number of benzene rings is 1. The first-order valence-electron chi connectivity index (χ1n) is 8.62. The minimum Gasteiger partial charge on any atom is -0.476 e. The third kappa shape index (κ3) is 2.72. The van der Waals surface area contributed by atoms with Crippen molar-refractivity contribution >= 4 is 27.8 Å². The van der Waals surface area contributed by atoms with Crippen LogP contribution in [-0.4, -0.2) is 31.4 Å². The van der Waals surface area contributed by atoms with Gasteiger partial charge in [-0.1, -0.05) is 18.2 Å². The van der Waals surface area contributed by atoms with Gasteiger partial charge >= 0.3 is 0 Å². The first-order valence-corrected chi connectivity index (χ1v) is 9.44. The number of ether oxygens (including phenoxy) is 1. The molecule has 0 saturated carbocycles. The van der Waals surface area contributed by atoms with Gasteiger partial charge in [0.15, 0.2) is 5.65 Å². The van der Waals surface area contributed by atoms with E-state index in [4.69, 9.17) is 4.74 Å². The van der Waals surface area contributed by atoms with Gasteiger partial charge in [0.2, 0.25) is 5.88 Å². The number of thiophene rings is 1. The highest BCUT2D eigenvalue weighted by atomic mass is 32.1. The molecule has 0 atom stereocenters. The smallest absolute Gasteiger partial charge is 0.241 e. The highest BCUT2D eigenvalue weighted by molar-refractivity contribution is 7.18. The van der Waals surface area contributed by atoms with Gasteiger partial charge in [0.1, 0.15) is 11.4 Å². The number of rotatable bonds is 4. The molecule has 0 aliphatic carbocycles. The van der Waals surface area contributed by atoms with Gasteiger partial charge in [0, 0.05) is 17.0 Å². The van der Waals surface area contributed by atoms with Gasteiger partial charge in [-0.3, -0.25) is 0 Å². The number of imidazole rings is 1.